The number of hydrogen-bond donors (Lipinski definition) is 1. The Bertz CT molecular complexity index is 1080. The molecule has 0 bridgehead atoms. The molecule has 0 aliphatic carbocycles. The summed E-state index contributed by atoms with van der Waals surface area (Å²) in [7, 11) is 0. The van der Waals surface area contributed by atoms with Crippen LogP contribution in [0.15, 0.2) is 34.2 Å². The van der Waals surface area contributed by atoms with E-state index in [1.165, 1.54) is 13.1 Å². The van der Waals surface area contributed by atoms with Gasteiger partial charge < -0.3 is 0 Å². The van der Waals surface area contributed by atoms with Crippen LogP contribution >= 0.6 is 0 Å². The lowest BCUT2D eigenvalue weighted by Gasteiger charge is -2.08. The van der Waals surface area contributed by atoms with Crippen LogP contribution in [0.5, 0.6) is 0 Å². The average Bonchev–Trinajstić information content (AvgIpc) is 2.97. The van der Waals surface area contributed by atoms with E-state index >= 15 is 0 Å². The van der Waals surface area contributed by atoms with Crippen molar-refractivity contribution in [3.05, 3.63) is 80.8 Å². The monoisotopic (exact) mass is 396 g/mol. The number of aliphatic imine (C=N–C) groups is 1. The van der Waals surface area contributed by atoms with Gasteiger partial charge in [0.15, 0.2) is 23.3 Å². The van der Waals surface area contributed by atoms with Crippen LogP contribution in [0.1, 0.15) is 17.0 Å². The Kier molecular flexibility index (Phi) is 5.39. The van der Waals surface area contributed by atoms with E-state index in [0.717, 1.165) is 5.69 Å². The van der Waals surface area contributed by atoms with Crippen LogP contribution in [-0.2, 0) is 6.42 Å². The molecule has 0 aliphatic rings. The van der Waals surface area contributed by atoms with E-state index in [1.807, 2.05) is 6.07 Å². The van der Waals surface area contributed by atoms with E-state index in [9.17, 15) is 26.7 Å². The number of hydrogen-bond acceptors (Lipinski definition) is 3. The van der Waals surface area contributed by atoms with Gasteiger partial charge in [-0.1, -0.05) is 6.07 Å². The van der Waals surface area contributed by atoms with E-state index in [2.05, 4.69) is 15.1 Å². The molecule has 0 radical (unpaired) electrons. The van der Waals surface area contributed by atoms with Gasteiger partial charge in [-0.05, 0) is 19.1 Å². The zero-order chi connectivity index (χ0) is 20.4. The maximum atomic E-state index is 14.0. The van der Waals surface area contributed by atoms with Gasteiger partial charge in [0.2, 0.25) is 5.82 Å². The zero-order valence-electron chi connectivity index (χ0n) is 14.4. The van der Waals surface area contributed by atoms with Gasteiger partial charge in [-0.3, -0.25) is 19.9 Å². The van der Waals surface area contributed by atoms with Crippen LogP contribution in [0, 0.1) is 36.0 Å². The molecule has 2 heterocycles. The first-order chi connectivity index (χ1) is 13.3. The van der Waals surface area contributed by atoms with Gasteiger partial charge in [0.05, 0.1) is 5.56 Å². The quantitative estimate of drug-likeness (QED) is 0.312. The highest BCUT2D eigenvalue weighted by Gasteiger charge is 2.28. The molecular formula is C18H13F5N4O. The van der Waals surface area contributed by atoms with Gasteiger partial charge in [0.25, 0.3) is 5.56 Å². The van der Waals surface area contributed by atoms with Crippen molar-refractivity contribution in [1.82, 2.24) is 14.8 Å². The Morgan fingerprint density at radius 2 is 1.71 bits per heavy atom. The minimum atomic E-state index is -2.30. The summed E-state index contributed by atoms with van der Waals surface area (Å²) in [5, 5.41) is 2.31. The topological polar surface area (TPSA) is 63.0 Å². The summed E-state index contributed by atoms with van der Waals surface area (Å²) in [6.45, 7) is 1.69. The second-order valence-corrected chi connectivity index (χ2v) is 5.82. The summed E-state index contributed by atoms with van der Waals surface area (Å²) in [5.41, 5.74) is -1.51. The zero-order valence-corrected chi connectivity index (χ0v) is 14.4. The second kappa shape index (κ2) is 7.75. The van der Waals surface area contributed by atoms with Crippen molar-refractivity contribution in [3.63, 3.8) is 0 Å². The van der Waals surface area contributed by atoms with Gasteiger partial charge in [0.1, 0.15) is 5.69 Å². The Morgan fingerprint density at radius 3 is 2.32 bits per heavy atom. The van der Waals surface area contributed by atoms with Gasteiger partial charge in [0, 0.05) is 36.8 Å². The van der Waals surface area contributed by atoms with E-state index in [1.54, 1.807) is 18.3 Å². The highest BCUT2D eigenvalue weighted by Crippen LogP contribution is 2.25. The van der Waals surface area contributed by atoms with E-state index in [4.69, 9.17) is 0 Å². The van der Waals surface area contributed by atoms with Gasteiger partial charge in [-0.2, -0.15) is 0 Å². The number of rotatable bonds is 5. The number of pyridine rings is 1. The first kappa shape index (κ1) is 19.5. The molecule has 2 aromatic heterocycles. The first-order valence-electron chi connectivity index (χ1n) is 8.06. The Labute approximate surface area is 155 Å². The van der Waals surface area contributed by atoms with Crippen LogP contribution in [0.4, 0.5) is 22.0 Å². The normalized spacial score (nSPS) is 11.5. The number of nitrogens with zero attached hydrogens (tertiary/aromatic N) is 3. The molecule has 10 heteroatoms. The number of H-pyrrole nitrogens is 1. The Balaban J connectivity index is 1.93. The molecule has 0 fully saturated rings. The van der Waals surface area contributed by atoms with Gasteiger partial charge in [-0.25, -0.2) is 26.6 Å². The van der Waals surface area contributed by atoms with E-state index in [0.29, 0.717) is 6.42 Å². The lowest BCUT2D eigenvalue weighted by molar-refractivity contribution is 0.373. The number of halogens is 5. The molecule has 0 atom stereocenters. The Morgan fingerprint density at radius 1 is 1.07 bits per heavy atom. The molecule has 3 aromatic rings. The molecule has 28 heavy (non-hydrogen) atoms. The van der Waals surface area contributed by atoms with Crippen LogP contribution < -0.4 is 5.56 Å². The molecule has 0 saturated heterocycles. The third kappa shape index (κ3) is 3.45. The predicted molar refractivity (Wildman–Crippen MR) is 91.3 cm³/mol. The van der Waals surface area contributed by atoms with Crippen molar-refractivity contribution in [1.29, 1.82) is 0 Å². The largest absolute Gasteiger partial charge is 0.294 e. The molecule has 0 amide bonds. The number of nitrogens with one attached hydrogen (secondary N) is 1. The molecule has 146 valence electrons. The summed E-state index contributed by atoms with van der Waals surface area (Å²) in [4.78, 5) is 20.6. The van der Waals surface area contributed by atoms with Crippen molar-refractivity contribution in [2.45, 2.75) is 13.3 Å². The molecular weight excluding hydrogens is 383 g/mol. The van der Waals surface area contributed by atoms with E-state index in [-0.39, 0.29) is 22.5 Å². The number of aromatic nitrogens is 3. The van der Waals surface area contributed by atoms with Crippen LogP contribution in [0.25, 0.3) is 5.69 Å². The fourth-order valence-electron chi connectivity index (χ4n) is 2.54. The lowest BCUT2D eigenvalue weighted by atomic mass is 10.2. The van der Waals surface area contributed by atoms with E-state index < -0.39 is 40.3 Å². The van der Waals surface area contributed by atoms with Crippen LogP contribution in [0.2, 0.25) is 0 Å². The SMILES string of the molecule is Cc1[nH]n(-c2c(F)c(F)c(F)c(F)c2F)c(=O)c1C=NCCc1ccccn1. The predicted octanol–water partition coefficient (Wildman–Crippen LogP) is 3.23. The molecule has 0 aliphatic heterocycles. The minimum Gasteiger partial charge on any atom is -0.294 e. The van der Waals surface area contributed by atoms with Crippen molar-refractivity contribution in [2.75, 3.05) is 6.54 Å². The maximum Gasteiger partial charge on any atom is 0.280 e. The van der Waals surface area contributed by atoms with Crippen LogP contribution in [-0.4, -0.2) is 27.5 Å². The Hall–Kier alpha value is -3.30. The fraction of sp³-hybridized carbons (Fsp3) is 0.167. The smallest absolute Gasteiger partial charge is 0.280 e. The molecule has 0 unspecified atom stereocenters. The summed E-state index contributed by atoms with van der Waals surface area (Å²) < 4.78 is 68.2. The summed E-state index contributed by atoms with van der Waals surface area (Å²) in [6, 6.07) is 5.37. The molecule has 3 rings (SSSR count). The number of benzene rings is 1. The standard InChI is InChI=1S/C18H13F5N4O/c1-9-11(8-24-7-5-10-4-2-3-6-25-10)18(28)27(26-9)17-15(22)13(20)12(19)14(21)16(17)23/h2-4,6,8,26H,5,7H2,1H3. The van der Waals surface area contributed by atoms with Crippen molar-refractivity contribution in [2.24, 2.45) is 4.99 Å². The number of aromatic amines is 1. The summed E-state index contributed by atoms with van der Waals surface area (Å²) >= 11 is 0. The highest BCUT2D eigenvalue weighted by molar-refractivity contribution is 5.80. The molecule has 0 spiro atoms. The average molecular weight is 396 g/mol. The minimum absolute atomic E-state index is 0.0648. The first-order valence-corrected chi connectivity index (χ1v) is 8.06. The summed E-state index contributed by atoms with van der Waals surface area (Å²) in [6.07, 6.45) is 3.30. The molecule has 1 N–H and O–H groups in total. The summed E-state index contributed by atoms with van der Waals surface area (Å²) in [5.74, 6) is -10.8. The lowest BCUT2D eigenvalue weighted by Crippen LogP contribution is -2.21. The van der Waals surface area contributed by atoms with Crippen molar-refractivity contribution < 1.29 is 22.0 Å². The third-order valence-electron chi connectivity index (χ3n) is 3.97. The number of aryl methyl sites for hydroxylation is 1. The van der Waals surface area contributed by atoms with Gasteiger partial charge in [-0.15, -0.1) is 0 Å². The second-order valence-electron chi connectivity index (χ2n) is 5.82. The fourth-order valence-corrected chi connectivity index (χ4v) is 2.54. The molecule has 5 nitrogen and oxygen atoms in total. The molecule has 0 saturated carbocycles. The van der Waals surface area contributed by atoms with Crippen molar-refractivity contribution >= 4 is 6.21 Å². The van der Waals surface area contributed by atoms with Crippen LogP contribution in [0.3, 0.4) is 0 Å². The maximum absolute atomic E-state index is 14.0. The molecule has 1 aromatic carbocycles. The highest BCUT2D eigenvalue weighted by atomic mass is 19.2. The third-order valence-corrected chi connectivity index (χ3v) is 3.97. The van der Waals surface area contributed by atoms with Gasteiger partial charge >= 0.3 is 0 Å². The van der Waals surface area contributed by atoms with Crippen molar-refractivity contribution in [3.8, 4) is 5.69 Å².